The Morgan fingerprint density at radius 1 is 1.03 bits per heavy atom. The van der Waals surface area contributed by atoms with E-state index in [1.165, 1.54) is 0 Å². The van der Waals surface area contributed by atoms with Crippen molar-refractivity contribution in [2.24, 2.45) is 0 Å². The fourth-order valence-corrected chi connectivity index (χ4v) is 3.71. The molecule has 7 heteroatoms. The van der Waals surface area contributed by atoms with Crippen LogP contribution in [0.3, 0.4) is 0 Å². The van der Waals surface area contributed by atoms with Gasteiger partial charge in [-0.25, -0.2) is 0 Å². The van der Waals surface area contributed by atoms with Crippen molar-refractivity contribution in [1.82, 2.24) is 0 Å². The molecular formula is C27H28N2O5. The first-order valence-corrected chi connectivity index (χ1v) is 11.2. The van der Waals surface area contributed by atoms with Crippen LogP contribution >= 0.6 is 0 Å². The molecule has 1 unspecified atom stereocenters. The quantitative estimate of drug-likeness (QED) is 0.535. The van der Waals surface area contributed by atoms with Crippen LogP contribution in [0.2, 0.25) is 0 Å². The molecule has 0 radical (unpaired) electrons. The van der Waals surface area contributed by atoms with Crippen LogP contribution in [0, 0.1) is 13.8 Å². The number of para-hydroxylation sites is 1. The summed E-state index contributed by atoms with van der Waals surface area (Å²) < 4.78 is 17.2. The predicted octanol–water partition coefficient (Wildman–Crippen LogP) is 4.51. The summed E-state index contributed by atoms with van der Waals surface area (Å²) in [5, 5.41) is 2.84. The van der Waals surface area contributed by atoms with E-state index in [2.05, 4.69) is 5.32 Å². The molecule has 0 saturated heterocycles. The molecule has 7 nitrogen and oxygen atoms in total. The molecule has 2 amide bonds. The molecule has 0 spiro atoms. The van der Waals surface area contributed by atoms with Crippen molar-refractivity contribution >= 4 is 23.2 Å². The molecule has 34 heavy (non-hydrogen) atoms. The average Bonchev–Trinajstić information content (AvgIpc) is 2.83. The molecule has 4 rings (SSSR count). The van der Waals surface area contributed by atoms with Gasteiger partial charge in [0, 0.05) is 5.69 Å². The van der Waals surface area contributed by atoms with Gasteiger partial charge in [-0.1, -0.05) is 30.3 Å². The molecule has 0 aromatic heterocycles. The molecule has 0 bridgehead atoms. The Kier molecular flexibility index (Phi) is 7.01. The lowest BCUT2D eigenvalue weighted by atomic mass is 10.1. The molecule has 176 valence electrons. The number of fused-ring (bicyclic) bond motifs is 1. The number of anilines is 2. The Hall–Kier alpha value is -4.00. The van der Waals surface area contributed by atoms with Gasteiger partial charge in [0.05, 0.1) is 12.2 Å². The number of nitrogens with one attached hydrogen (secondary N) is 1. The molecule has 3 aromatic rings. The second-order valence-electron chi connectivity index (χ2n) is 8.13. The third-order valence-corrected chi connectivity index (χ3v) is 5.69. The van der Waals surface area contributed by atoms with Crippen molar-refractivity contribution in [2.75, 3.05) is 30.0 Å². The minimum Gasteiger partial charge on any atom is -0.492 e. The third-order valence-electron chi connectivity index (χ3n) is 5.69. The molecule has 1 atom stereocenters. The number of aryl methyl sites for hydroxylation is 1. The molecule has 1 aliphatic heterocycles. The summed E-state index contributed by atoms with van der Waals surface area (Å²) in [7, 11) is 0. The highest BCUT2D eigenvalue weighted by Gasteiger charge is 2.31. The number of carbonyl (C=O) groups is 2. The highest BCUT2D eigenvalue weighted by Crippen LogP contribution is 2.36. The monoisotopic (exact) mass is 460 g/mol. The highest BCUT2D eigenvalue weighted by molar-refractivity contribution is 6.01. The number of nitrogens with zero attached hydrogens (tertiary/aromatic N) is 1. The summed E-state index contributed by atoms with van der Waals surface area (Å²) in [4.78, 5) is 27.0. The fraction of sp³-hybridized carbons (Fsp3) is 0.259. The van der Waals surface area contributed by atoms with E-state index in [-0.39, 0.29) is 18.4 Å². The van der Waals surface area contributed by atoms with Crippen molar-refractivity contribution in [3.05, 3.63) is 77.9 Å². The minimum atomic E-state index is -0.601. The van der Waals surface area contributed by atoms with Gasteiger partial charge in [0.1, 0.15) is 23.9 Å². The van der Waals surface area contributed by atoms with Crippen molar-refractivity contribution in [3.63, 3.8) is 0 Å². The number of benzene rings is 3. The number of hydrogen-bond acceptors (Lipinski definition) is 5. The van der Waals surface area contributed by atoms with Crippen LogP contribution in [0.15, 0.2) is 66.7 Å². The van der Waals surface area contributed by atoms with Gasteiger partial charge in [-0.3, -0.25) is 9.59 Å². The summed E-state index contributed by atoms with van der Waals surface area (Å²) in [6.45, 7) is 6.22. The highest BCUT2D eigenvalue weighted by atomic mass is 16.5. The Morgan fingerprint density at radius 2 is 1.82 bits per heavy atom. The van der Waals surface area contributed by atoms with Crippen LogP contribution < -0.4 is 24.4 Å². The Labute approximate surface area is 199 Å². The zero-order valence-corrected chi connectivity index (χ0v) is 19.5. The van der Waals surface area contributed by atoms with Gasteiger partial charge in [-0.2, -0.15) is 0 Å². The average molecular weight is 461 g/mol. The minimum absolute atomic E-state index is 0.123. The zero-order valence-electron chi connectivity index (χ0n) is 19.5. The predicted molar refractivity (Wildman–Crippen MR) is 131 cm³/mol. The van der Waals surface area contributed by atoms with Gasteiger partial charge >= 0.3 is 0 Å². The van der Waals surface area contributed by atoms with E-state index in [1.54, 1.807) is 30.0 Å². The number of carbonyl (C=O) groups excluding carboxylic acids is 2. The Morgan fingerprint density at radius 3 is 2.62 bits per heavy atom. The summed E-state index contributed by atoms with van der Waals surface area (Å²) in [6.07, 6.45) is -0.601. The second kappa shape index (κ2) is 10.3. The number of amides is 2. The van der Waals surface area contributed by atoms with Gasteiger partial charge in [-0.15, -0.1) is 0 Å². The maximum Gasteiger partial charge on any atom is 0.267 e. The van der Waals surface area contributed by atoms with Crippen molar-refractivity contribution in [2.45, 2.75) is 26.9 Å². The lowest BCUT2D eigenvalue weighted by Gasteiger charge is -2.33. The summed E-state index contributed by atoms with van der Waals surface area (Å²) >= 11 is 0. The Bertz CT molecular complexity index is 1180. The van der Waals surface area contributed by atoms with Gasteiger partial charge in [0.15, 0.2) is 12.7 Å². The standard InChI is InChI=1S/C27H28N2O5/c1-18-8-7-11-24(19(18)2)33-17-26(30)28-21-12-13-25-23(16-21)29(27(31)20(3)34-25)14-15-32-22-9-5-4-6-10-22/h4-13,16,20H,14-15,17H2,1-3H3,(H,28,30). The van der Waals surface area contributed by atoms with E-state index in [0.717, 1.165) is 16.9 Å². The second-order valence-corrected chi connectivity index (χ2v) is 8.13. The van der Waals surface area contributed by atoms with E-state index in [9.17, 15) is 9.59 Å². The number of hydrogen-bond donors (Lipinski definition) is 1. The van der Waals surface area contributed by atoms with Crippen molar-refractivity contribution in [3.8, 4) is 17.2 Å². The van der Waals surface area contributed by atoms with Crippen molar-refractivity contribution < 1.29 is 23.8 Å². The van der Waals surface area contributed by atoms with E-state index in [0.29, 0.717) is 36.0 Å². The largest absolute Gasteiger partial charge is 0.492 e. The smallest absolute Gasteiger partial charge is 0.267 e. The Balaban J connectivity index is 1.42. The first-order chi connectivity index (χ1) is 16.4. The van der Waals surface area contributed by atoms with E-state index < -0.39 is 6.10 Å². The SMILES string of the molecule is Cc1cccc(OCC(=O)Nc2ccc3c(c2)N(CCOc2ccccc2)C(=O)C(C)O3)c1C. The maximum absolute atomic E-state index is 12.8. The zero-order chi connectivity index (χ0) is 24.1. The molecule has 0 fully saturated rings. The van der Waals surface area contributed by atoms with Crippen LogP contribution in [0.1, 0.15) is 18.1 Å². The lowest BCUT2D eigenvalue weighted by molar-refractivity contribution is -0.125. The van der Waals surface area contributed by atoms with Gasteiger partial charge < -0.3 is 24.4 Å². The van der Waals surface area contributed by atoms with Crippen LogP contribution in [0.4, 0.5) is 11.4 Å². The molecule has 1 aliphatic rings. The third kappa shape index (κ3) is 5.31. The molecule has 1 N–H and O–H groups in total. The van der Waals surface area contributed by atoms with E-state index >= 15 is 0 Å². The molecule has 0 aliphatic carbocycles. The normalized spacial score (nSPS) is 14.7. The maximum atomic E-state index is 12.8. The molecule has 3 aromatic carbocycles. The first-order valence-electron chi connectivity index (χ1n) is 11.2. The molecular weight excluding hydrogens is 432 g/mol. The van der Waals surface area contributed by atoms with Crippen LogP contribution in [-0.2, 0) is 9.59 Å². The summed E-state index contributed by atoms with van der Waals surface area (Å²) in [5.41, 5.74) is 3.24. The first kappa shape index (κ1) is 23.2. The van der Waals surface area contributed by atoms with Crippen LogP contribution in [-0.4, -0.2) is 37.7 Å². The van der Waals surface area contributed by atoms with E-state index in [1.807, 2.05) is 62.4 Å². The number of ether oxygens (including phenoxy) is 3. The van der Waals surface area contributed by atoms with Crippen LogP contribution in [0.25, 0.3) is 0 Å². The van der Waals surface area contributed by atoms with Gasteiger partial charge in [0.2, 0.25) is 0 Å². The van der Waals surface area contributed by atoms with Crippen molar-refractivity contribution in [1.29, 1.82) is 0 Å². The summed E-state index contributed by atoms with van der Waals surface area (Å²) in [5.74, 6) is 1.54. The van der Waals surface area contributed by atoms with Gasteiger partial charge in [0.25, 0.3) is 11.8 Å². The van der Waals surface area contributed by atoms with Crippen LogP contribution in [0.5, 0.6) is 17.2 Å². The fourth-order valence-electron chi connectivity index (χ4n) is 3.71. The van der Waals surface area contributed by atoms with E-state index in [4.69, 9.17) is 14.2 Å². The molecule has 0 saturated carbocycles. The topological polar surface area (TPSA) is 77.1 Å². The summed E-state index contributed by atoms with van der Waals surface area (Å²) in [6, 6.07) is 20.4. The lowest BCUT2D eigenvalue weighted by Crippen LogP contribution is -2.46. The molecule has 1 heterocycles. The van der Waals surface area contributed by atoms with Gasteiger partial charge in [-0.05, 0) is 68.3 Å². The number of rotatable bonds is 8.